The summed E-state index contributed by atoms with van der Waals surface area (Å²) in [6.45, 7) is 6.62. The van der Waals surface area contributed by atoms with Gasteiger partial charge in [-0.2, -0.15) is 0 Å². The number of aliphatic hydroxyl groups is 2. The average molecular weight is 501 g/mol. The maximum absolute atomic E-state index is 13.6. The molecule has 0 saturated heterocycles. The van der Waals surface area contributed by atoms with Crippen molar-refractivity contribution in [2.75, 3.05) is 0 Å². The molecule has 0 aromatic heterocycles. The summed E-state index contributed by atoms with van der Waals surface area (Å²) in [5.74, 6) is 2.37. The molecule has 194 valence electrons. The molecule has 0 bridgehead atoms. The standard InChI is InChI=1S/C30H44O4S/c1-20(31)17-25(35(33,34)24-7-5-4-6-8-24)19-22-10-12-27-26-11-9-21-18-23(32)13-15-29(21,2)28(26)14-16-30(22,27)3/h4-9,20,22-23,25-28,31-32H,10-19H2,1-3H3. The molecule has 0 amide bonds. The molecule has 3 saturated carbocycles. The molecule has 0 aliphatic heterocycles. The van der Waals surface area contributed by atoms with Crippen LogP contribution in [-0.2, 0) is 9.84 Å². The van der Waals surface area contributed by atoms with Crippen LogP contribution >= 0.6 is 0 Å². The topological polar surface area (TPSA) is 74.6 Å². The minimum Gasteiger partial charge on any atom is -0.393 e. The molecular weight excluding hydrogens is 456 g/mol. The molecule has 5 rings (SSSR count). The summed E-state index contributed by atoms with van der Waals surface area (Å²) >= 11 is 0. The monoisotopic (exact) mass is 500 g/mol. The lowest BCUT2D eigenvalue weighted by molar-refractivity contribution is -0.0509. The molecule has 9 unspecified atom stereocenters. The van der Waals surface area contributed by atoms with E-state index in [4.69, 9.17) is 0 Å². The Morgan fingerprint density at radius 2 is 1.77 bits per heavy atom. The quantitative estimate of drug-likeness (QED) is 0.475. The highest BCUT2D eigenvalue weighted by molar-refractivity contribution is 7.92. The number of aliphatic hydroxyl groups excluding tert-OH is 2. The van der Waals surface area contributed by atoms with Crippen LogP contribution < -0.4 is 0 Å². The third-order valence-corrected chi connectivity index (χ3v) is 13.1. The Morgan fingerprint density at radius 1 is 1.03 bits per heavy atom. The SMILES string of the molecule is CC(O)CC(CC1CCC2C3CC=C4CC(O)CCC4(C)C3CCC12C)S(=O)(=O)c1ccccc1. The number of allylic oxidation sites excluding steroid dienone is 1. The second-order valence-corrected chi connectivity index (χ2v) is 15.0. The molecule has 35 heavy (non-hydrogen) atoms. The fraction of sp³-hybridized carbons (Fsp3) is 0.733. The van der Waals surface area contributed by atoms with Crippen LogP contribution in [0.5, 0.6) is 0 Å². The Labute approximate surface area is 212 Å². The average Bonchev–Trinajstić information content (AvgIpc) is 3.15. The zero-order chi connectivity index (χ0) is 25.0. The van der Waals surface area contributed by atoms with Gasteiger partial charge in [-0.25, -0.2) is 8.42 Å². The van der Waals surface area contributed by atoms with Crippen molar-refractivity contribution in [3.8, 4) is 0 Å². The van der Waals surface area contributed by atoms with Crippen molar-refractivity contribution in [3.63, 3.8) is 0 Å². The van der Waals surface area contributed by atoms with Crippen LogP contribution in [0.15, 0.2) is 46.9 Å². The van der Waals surface area contributed by atoms with E-state index in [0.717, 1.165) is 32.1 Å². The van der Waals surface area contributed by atoms with Gasteiger partial charge in [-0.15, -0.1) is 0 Å². The maximum Gasteiger partial charge on any atom is 0.181 e. The van der Waals surface area contributed by atoms with Crippen LogP contribution in [0.3, 0.4) is 0 Å². The predicted molar refractivity (Wildman–Crippen MR) is 140 cm³/mol. The highest BCUT2D eigenvalue weighted by Crippen LogP contribution is 2.67. The predicted octanol–water partition coefficient (Wildman–Crippen LogP) is 5.93. The van der Waals surface area contributed by atoms with Gasteiger partial charge in [-0.05, 0) is 118 Å². The molecular formula is C30H44O4S. The first-order valence-corrected chi connectivity index (χ1v) is 15.4. The Bertz CT molecular complexity index is 1050. The lowest BCUT2D eigenvalue weighted by atomic mass is 9.47. The number of sulfone groups is 1. The van der Waals surface area contributed by atoms with Gasteiger partial charge in [0, 0.05) is 0 Å². The largest absolute Gasteiger partial charge is 0.393 e. The van der Waals surface area contributed by atoms with E-state index < -0.39 is 21.2 Å². The van der Waals surface area contributed by atoms with Crippen molar-refractivity contribution in [2.24, 2.45) is 34.5 Å². The van der Waals surface area contributed by atoms with Crippen LogP contribution in [0, 0.1) is 34.5 Å². The normalized spacial score (nSPS) is 40.7. The van der Waals surface area contributed by atoms with Gasteiger partial charge in [0.25, 0.3) is 0 Å². The number of benzene rings is 1. The van der Waals surface area contributed by atoms with Crippen LogP contribution in [0.1, 0.15) is 85.0 Å². The lowest BCUT2D eigenvalue weighted by Crippen LogP contribution is -2.50. The zero-order valence-corrected chi connectivity index (χ0v) is 22.5. The summed E-state index contributed by atoms with van der Waals surface area (Å²) in [5, 5.41) is 20.0. The maximum atomic E-state index is 13.6. The number of rotatable bonds is 6. The second kappa shape index (κ2) is 9.29. The molecule has 9 atom stereocenters. The first-order chi connectivity index (χ1) is 16.6. The molecule has 0 radical (unpaired) electrons. The Morgan fingerprint density at radius 3 is 2.49 bits per heavy atom. The molecule has 4 nitrogen and oxygen atoms in total. The number of hydrogen-bond donors (Lipinski definition) is 2. The minimum absolute atomic E-state index is 0.167. The van der Waals surface area contributed by atoms with Crippen molar-refractivity contribution in [1.82, 2.24) is 0 Å². The molecule has 1 aromatic rings. The summed E-state index contributed by atoms with van der Waals surface area (Å²) in [7, 11) is -3.50. The van der Waals surface area contributed by atoms with E-state index in [2.05, 4.69) is 19.9 Å². The van der Waals surface area contributed by atoms with E-state index >= 15 is 0 Å². The van der Waals surface area contributed by atoms with Gasteiger partial charge in [0.05, 0.1) is 22.4 Å². The molecule has 0 heterocycles. The van der Waals surface area contributed by atoms with Gasteiger partial charge in [-0.1, -0.05) is 43.7 Å². The van der Waals surface area contributed by atoms with Crippen molar-refractivity contribution in [1.29, 1.82) is 0 Å². The lowest BCUT2D eigenvalue weighted by Gasteiger charge is -2.58. The molecule has 5 heteroatoms. The molecule has 4 aliphatic carbocycles. The van der Waals surface area contributed by atoms with Gasteiger partial charge in [0.15, 0.2) is 9.84 Å². The van der Waals surface area contributed by atoms with Gasteiger partial charge < -0.3 is 10.2 Å². The van der Waals surface area contributed by atoms with Crippen molar-refractivity contribution < 1.29 is 18.6 Å². The highest BCUT2D eigenvalue weighted by atomic mass is 32.2. The molecule has 0 spiro atoms. The van der Waals surface area contributed by atoms with Crippen LogP contribution in [0.2, 0.25) is 0 Å². The fourth-order valence-corrected chi connectivity index (χ4v) is 10.9. The molecule has 3 fully saturated rings. The Balaban J connectivity index is 1.39. The smallest absolute Gasteiger partial charge is 0.181 e. The van der Waals surface area contributed by atoms with E-state index in [-0.39, 0.29) is 16.9 Å². The van der Waals surface area contributed by atoms with Gasteiger partial charge in [-0.3, -0.25) is 0 Å². The summed E-state index contributed by atoms with van der Waals surface area (Å²) in [6.07, 6.45) is 11.3. The Hall–Kier alpha value is -1.17. The van der Waals surface area contributed by atoms with E-state index in [1.54, 1.807) is 31.2 Å². The Kier molecular flexibility index (Phi) is 6.76. The zero-order valence-electron chi connectivity index (χ0n) is 21.7. The van der Waals surface area contributed by atoms with Crippen molar-refractivity contribution in [2.45, 2.75) is 107 Å². The second-order valence-electron chi connectivity index (χ2n) is 12.8. The van der Waals surface area contributed by atoms with E-state index in [9.17, 15) is 18.6 Å². The summed E-state index contributed by atoms with van der Waals surface area (Å²) < 4.78 is 27.3. The van der Waals surface area contributed by atoms with Crippen LogP contribution in [0.4, 0.5) is 0 Å². The number of fused-ring (bicyclic) bond motifs is 5. The molecule has 2 N–H and O–H groups in total. The van der Waals surface area contributed by atoms with Crippen LogP contribution in [0.25, 0.3) is 0 Å². The van der Waals surface area contributed by atoms with E-state index in [1.807, 2.05) is 6.07 Å². The summed E-state index contributed by atoms with van der Waals surface area (Å²) in [5.41, 5.74) is 1.90. The highest BCUT2D eigenvalue weighted by Gasteiger charge is 2.58. The minimum atomic E-state index is -3.50. The summed E-state index contributed by atoms with van der Waals surface area (Å²) in [6, 6.07) is 8.82. The summed E-state index contributed by atoms with van der Waals surface area (Å²) in [4.78, 5) is 0.381. The fourth-order valence-electron chi connectivity index (χ4n) is 8.99. The molecule has 1 aromatic carbocycles. The third-order valence-electron chi connectivity index (χ3n) is 10.9. The van der Waals surface area contributed by atoms with Gasteiger partial charge in [0.2, 0.25) is 0 Å². The van der Waals surface area contributed by atoms with Crippen molar-refractivity contribution in [3.05, 3.63) is 42.0 Å². The van der Waals surface area contributed by atoms with E-state index in [1.165, 1.54) is 24.8 Å². The third kappa shape index (κ3) is 4.34. The first-order valence-electron chi connectivity index (χ1n) is 13.9. The van der Waals surface area contributed by atoms with Gasteiger partial charge in [0.1, 0.15) is 0 Å². The number of hydrogen-bond acceptors (Lipinski definition) is 4. The van der Waals surface area contributed by atoms with Crippen LogP contribution in [-0.4, -0.2) is 36.1 Å². The first kappa shape index (κ1) is 25.5. The molecule has 4 aliphatic rings. The van der Waals surface area contributed by atoms with E-state index in [0.29, 0.717) is 41.4 Å². The van der Waals surface area contributed by atoms with Crippen molar-refractivity contribution >= 4 is 9.84 Å². The van der Waals surface area contributed by atoms with Gasteiger partial charge >= 0.3 is 0 Å².